The van der Waals surface area contributed by atoms with E-state index in [4.69, 9.17) is 9.47 Å². The molecule has 1 aliphatic rings. The van der Waals surface area contributed by atoms with Gasteiger partial charge in [0.25, 0.3) is 5.91 Å². The van der Waals surface area contributed by atoms with Crippen LogP contribution in [0.15, 0.2) is 54.7 Å². The van der Waals surface area contributed by atoms with E-state index in [1.165, 1.54) is 18.3 Å². The molecule has 0 spiro atoms. The van der Waals surface area contributed by atoms with Crippen molar-refractivity contribution in [3.05, 3.63) is 71.8 Å². The van der Waals surface area contributed by atoms with Gasteiger partial charge in [-0.05, 0) is 54.4 Å². The lowest BCUT2D eigenvalue weighted by Gasteiger charge is -2.28. The maximum atomic E-state index is 13.3. The average molecular weight is 467 g/mol. The number of nitrogens with zero attached hydrogens (tertiary/aromatic N) is 3. The van der Waals surface area contributed by atoms with Crippen LogP contribution in [0, 0.1) is 5.82 Å². The molecule has 34 heavy (non-hydrogen) atoms. The van der Waals surface area contributed by atoms with E-state index in [9.17, 15) is 14.0 Å². The summed E-state index contributed by atoms with van der Waals surface area (Å²) in [6.45, 7) is 6.47. The summed E-state index contributed by atoms with van der Waals surface area (Å²) in [6, 6.07) is 13.3. The van der Waals surface area contributed by atoms with Gasteiger partial charge in [-0.3, -0.25) is 4.79 Å². The van der Waals surface area contributed by atoms with Gasteiger partial charge >= 0.3 is 5.97 Å². The van der Waals surface area contributed by atoms with Crippen molar-refractivity contribution in [2.75, 3.05) is 43.1 Å². The second kappa shape index (κ2) is 10.5. The molecule has 3 aromatic rings. The summed E-state index contributed by atoms with van der Waals surface area (Å²) in [4.78, 5) is 27.3. The van der Waals surface area contributed by atoms with E-state index >= 15 is 0 Å². The van der Waals surface area contributed by atoms with Gasteiger partial charge in [-0.2, -0.15) is 5.10 Å². The average Bonchev–Trinajstić information content (AvgIpc) is 3.30. The molecule has 0 bridgehead atoms. The van der Waals surface area contributed by atoms with E-state index in [0.717, 1.165) is 18.8 Å². The molecule has 2 heterocycles. The first-order chi connectivity index (χ1) is 16.4. The van der Waals surface area contributed by atoms with Crippen LogP contribution >= 0.6 is 0 Å². The predicted octanol–water partition coefficient (Wildman–Crippen LogP) is 3.77. The van der Waals surface area contributed by atoms with Crippen molar-refractivity contribution < 1.29 is 23.5 Å². The molecule has 178 valence electrons. The van der Waals surface area contributed by atoms with E-state index < -0.39 is 18.5 Å². The fourth-order valence-corrected chi connectivity index (χ4v) is 3.84. The van der Waals surface area contributed by atoms with Crippen LogP contribution in [0.1, 0.15) is 35.8 Å². The van der Waals surface area contributed by atoms with Crippen LogP contribution in [0.3, 0.4) is 0 Å². The monoisotopic (exact) mass is 466 g/mol. The number of rotatable bonds is 7. The normalized spacial score (nSPS) is 13.7. The minimum atomic E-state index is -0.644. The SMILES string of the molecule is CC(C)c1c(C(=O)OCC(=O)Nc2ccc(N3CCOCC3)cc2)cnn1-c1ccc(F)cc1. The molecule has 8 nitrogen and oxygen atoms in total. The number of hydrogen-bond acceptors (Lipinski definition) is 6. The van der Waals surface area contributed by atoms with Crippen LogP contribution in [-0.4, -0.2) is 54.6 Å². The number of morpholine rings is 1. The highest BCUT2D eigenvalue weighted by Crippen LogP contribution is 2.24. The van der Waals surface area contributed by atoms with Gasteiger partial charge in [0.1, 0.15) is 11.4 Å². The maximum Gasteiger partial charge on any atom is 0.342 e. The molecule has 1 N–H and O–H groups in total. The van der Waals surface area contributed by atoms with Gasteiger partial charge in [0.2, 0.25) is 0 Å². The molecule has 2 aromatic carbocycles. The van der Waals surface area contributed by atoms with Crippen molar-refractivity contribution in [1.29, 1.82) is 0 Å². The minimum absolute atomic E-state index is 0.0612. The Morgan fingerprint density at radius 3 is 2.35 bits per heavy atom. The quantitative estimate of drug-likeness (QED) is 0.534. The van der Waals surface area contributed by atoms with Crippen molar-refractivity contribution in [2.45, 2.75) is 19.8 Å². The first kappa shape index (κ1) is 23.4. The van der Waals surface area contributed by atoms with Crippen LogP contribution in [0.4, 0.5) is 15.8 Å². The Labute approximate surface area is 197 Å². The van der Waals surface area contributed by atoms with Crippen molar-refractivity contribution in [3.63, 3.8) is 0 Å². The lowest BCUT2D eigenvalue weighted by molar-refractivity contribution is -0.119. The fraction of sp³-hybridized carbons (Fsp3) is 0.320. The van der Waals surface area contributed by atoms with Crippen LogP contribution in [0.2, 0.25) is 0 Å². The highest BCUT2D eigenvalue weighted by molar-refractivity contribution is 5.96. The highest BCUT2D eigenvalue weighted by Gasteiger charge is 2.23. The number of carbonyl (C=O) groups is 2. The number of benzene rings is 2. The van der Waals surface area contributed by atoms with Gasteiger partial charge in [-0.25, -0.2) is 13.9 Å². The summed E-state index contributed by atoms with van der Waals surface area (Å²) < 4.78 is 25.5. The molecular weight excluding hydrogens is 439 g/mol. The molecule has 1 amide bonds. The number of halogens is 1. The molecule has 0 unspecified atom stereocenters. The number of hydrogen-bond donors (Lipinski definition) is 1. The summed E-state index contributed by atoms with van der Waals surface area (Å²) in [5.74, 6) is -1.50. The lowest BCUT2D eigenvalue weighted by atomic mass is 10.1. The van der Waals surface area contributed by atoms with Gasteiger partial charge in [0.15, 0.2) is 6.61 Å². The minimum Gasteiger partial charge on any atom is -0.452 e. The third-order valence-electron chi connectivity index (χ3n) is 5.51. The molecule has 0 saturated carbocycles. The number of ether oxygens (including phenoxy) is 2. The van der Waals surface area contributed by atoms with Gasteiger partial charge in [0.05, 0.1) is 30.8 Å². The Morgan fingerprint density at radius 1 is 1.06 bits per heavy atom. The molecule has 9 heteroatoms. The molecule has 1 fully saturated rings. The molecular formula is C25H27FN4O4. The van der Waals surface area contributed by atoms with Gasteiger partial charge in [0, 0.05) is 24.5 Å². The molecule has 4 rings (SSSR count). The van der Waals surface area contributed by atoms with Crippen LogP contribution in [0.5, 0.6) is 0 Å². The predicted molar refractivity (Wildman–Crippen MR) is 126 cm³/mol. The number of esters is 1. The largest absolute Gasteiger partial charge is 0.452 e. The van der Waals surface area contributed by atoms with Crippen LogP contribution < -0.4 is 10.2 Å². The molecule has 0 atom stereocenters. The van der Waals surface area contributed by atoms with Gasteiger partial charge in [-0.1, -0.05) is 13.8 Å². The first-order valence-electron chi connectivity index (χ1n) is 11.2. The third-order valence-corrected chi connectivity index (χ3v) is 5.51. The first-order valence-corrected chi connectivity index (χ1v) is 11.2. The lowest BCUT2D eigenvalue weighted by Crippen LogP contribution is -2.36. The van der Waals surface area contributed by atoms with Crippen molar-refractivity contribution in [2.24, 2.45) is 0 Å². The van der Waals surface area contributed by atoms with Crippen molar-refractivity contribution in [3.8, 4) is 5.69 Å². The van der Waals surface area contributed by atoms with Gasteiger partial charge in [-0.15, -0.1) is 0 Å². The Morgan fingerprint density at radius 2 is 1.71 bits per heavy atom. The zero-order valence-electron chi connectivity index (χ0n) is 19.2. The number of amides is 1. The zero-order valence-corrected chi connectivity index (χ0v) is 19.2. The summed E-state index contributed by atoms with van der Waals surface area (Å²) in [5, 5.41) is 7.02. The number of anilines is 2. The van der Waals surface area contributed by atoms with E-state index in [-0.39, 0.29) is 17.3 Å². The zero-order chi connectivity index (χ0) is 24.1. The number of carbonyl (C=O) groups excluding carboxylic acids is 2. The Hall–Kier alpha value is -3.72. The summed E-state index contributed by atoms with van der Waals surface area (Å²) in [7, 11) is 0. The number of aromatic nitrogens is 2. The summed E-state index contributed by atoms with van der Waals surface area (Å²) >= 11 is 0. The van der Waals surface area contributed by atoms with Crippen molar-refractivity contribution >= 4 is 23.3 Å². The smallest absolute Gasteiger partial charge is 0.342 e. The summed E-state index contributed by atoms with van der Waals surface area (Å²) in [6.07, 6.45) is 1.41. The third kappa shape index (κ3) is 5.43. The number of nitrogens with one attached hydrogen (secondary N) is 1. The second-order valence-electron chi connectivity index (χ2n) is 8.26. The highest BCUT2D eigenvalue weighted by atomic mass is 19.1. The van der Waals surface area contributed by atoms with Crippen molar-refractivity contribution in [1.82, 2.24) is 9.78 Å². The Bertz CT molecular complexity index is 1140. The van der Waals surface area contributed by atoms with E-state index in [2.05, 4.69) is 15.3 Å². The molecule has 0 radical (unpaired) electrons. The van der Waals surface area contributed by atoms with E-state index in [0.29, 0.717) is 30.3 Å². The van der Waals surface area contributed by atoms with E-state index in [1.54, 1.807) is 16.8 Å². The standard InChI is InChI=1S/C25H27FN4O4/c1-17(2)24-22(15-27-30(24)21-7-3-18(26)4-8-21)25(32)34-16-23(31)28-19-5-9-20(10-6-19)29-11-13-33-14-12-29/h3-10,15,17H,11-14,16H2,1-2H3,(H,28,31). The van der Waals surface area contributed by atoms with Gasteiger partial charge < -0.3 is 19.7 Å². The maximum absolute atomic E-state index is 13.3. The summed E-state index contributed by atoms with van der Waals surface area (Å²) in [5.41, 5.74) is 3.19. The topological polar surface area (TPSA) is 85.7 Å². The molecule has 1 aromatic heterocycles. The van der Waals surface area contributed by atoms with Crippen LogP contribution in [-0.2, 0) is 14.3 Å². The molecule has 1 aliphatic heterocycles. The Kier molecular flexibility index (Phi) is 7.22. The Balaban J connectivity index is 1.37. The molecule has 0 aliphatic carbocycles. The fourth-order valence-electron chi connectivity index (χ4n) is 3.84. The van der Waals surface area contributed by atoms with Crippen LogP contribution in [0.25, 0.3) is 5.69 Å². The molecule has 1 saturated heterocycles. The van der Waals surface area contributed by atoms with E-state index in [1.807, 2.05) is 38.1 Å². The second-order valence-corrected chi connectivity index (χ2v) is 8.26.